The normalized spacial score (nSPS) is 15.6. The molecule has 180 valence electrons. The third-order valence-corrected chi connectivity index (χ3v) is 5.82. The maximum absolute atomic E-state index is 10.2. The van der Waals surface area contributed by atoms with Gasteiger partial charge in [0.25, 0.3) is 0 Å². The number of hydrogen-bond donors (Lipinski definition) is 5. The van der Waals surface area contributed by atoms with Gasteiger partial charge in [-0.3, -0.25) is 5.01 Å². The molecule has 9 heteroatoms. The van der Waals surface area contributed by atoms with E-state index in [1.807, 2.05) is 48.5 Å². The summed E-state index contributed by atoms with van der Waals surface area (Å²) in [4.78, 5) is 0. The fraction of sp³-hybridized carbons (Fsp3) is 0.417. The van der Waals surface area contributed by atoms with Gasteiger partial charge in [-0.25, -0.2) is 0 Å². The Kier molecular flexibility index (Phi) is 8.82. The van der Waals surface area contributed by atoms with Crippen LogP contribution >= 0.6 is 11.6 Å². The van der Waals surface area contributed by atoms with Gasteiger partial charge < -0.3 is 30.2 Å². The van der Waals surface area contributed by atoms with Crippen molar-refractivity contribution in [2.24, 2.45) is 0 Å². The zero-order valence-electron chi connectivity index (χ0n) is 18.9. The summed E-state index contributed by atoms with van der Waals surface area (Å²) >= 11 is 5.59. The van der Waals surface area contributed by atoms with Crippen molar-refractivity contribution in [3.8, 4) is 11.5 Å². The molecule has 0 aliphatic carbocycles. The molecule has 0 amide bonds. The van der Waals surface area contributed by atoms with Crippen LogP contribution < -0.4 is 20.4 Å². The number of hydrazine groups is 2. The zero-order chi connectivity index (χ0) is 23.8. The topological polar surface area (TPSA) is 106 Å². The number of rotatable bonds is 12. The summed E-state index contributed by atoms with van der Waals surface area (Å²) in [6, 6.07) is 15.6. The summed E-state index contributed by atoms with van der Waals surface area (Å²) in [6.45, 7) is 4.80. The first-order chi connectivity index (χ1) is 15.8. The minimum absolute atomic E-state index is 0.102. The number of aliphatic hydroxyl groups is 3. The second kappa shape index (κ2) is 11.6. The van der Waals surface area contributed by atoms with Crippen molar-refractivity contribution in [3.63, 3.8) is 0 Å². The van der Waals surface area contributed by atoms with Gasteiger partial charge in [-0.1, -0.05) is 38.1 Å². The van der Waals surface area contributed by atoms with Gasteiger partial charge >= 0.3 is 0 Å². The predicted molar refractivity (Wildman–Crippen MR) is 127 cm³/mol. The van der Waals surface area contributed by atoms with Gasteiger partial charge in [-0.15, -0.1) is 17.1 Å². The minimum Gasteiger partial charge on any atom is -0.491 e. The van der Waals surface area contributed by atoms with Crippen LogP contribution in [0.5, 0.6) is 11.5 Å². The standard InChI is InChI=1S/C24H32ClN3O5/c1-24(2,17-3-7-22(8-4-17)32-15-20(30)11-25)18-5-9-23(10-6-18)33-16-21(31)13-28-12-19(14-29)26-27-28/h3-10,12,20-21,26-27,29-31H,11,13-16H2,1-2H3/t20-,21+/m1/s1. The van der Waals surface area contributed by atoms with Crippen LogP contribution in [0.15, 0.2) is 60.4 Å². The van der Waals surface area contributed by atoms with Crippen LogP contribution in [0.2, 0.25) is 0 Å². The van der Waals surface area contributed by atoms with Crippen LogP contribution in [-0.2, 0) is 5.41 Å². The highest BCUT2D eigenvalue weighted by molar-refractivity contribution is 6.18. The van der Waals surface area contributed by atoms with E-state index in [2.05, 4.69) is 24.8 Å². The van der Waals surface area contributed by atoms with Crippen LogP contribution in [0.3, 0.4) is 0 Å². The number of benzene rings is 2. The van der Waals surface area contributed by atoms with Crippen molar-refractivity contribution < 1.29 is 24.8 Å². The molecule has 1 aliphatic heterocycles. The van der Waals surface area contributed by atoms with E-state index in [9.17, 15) is 10.2 Å². The van der Waals surface area contributed by atoms with Crippen LogP contribution in [0, 0.1) is 0 Å². The molecule has 1 aliphatic rings. The molecule has 5 N–H and O–H groups in total. The Bertz CT molecular complexity index is 905. The lowest BCUT2D eigenvalue weighted by Gasteiger charge is -2.26. The average Bonchev–Trinajstić information content (AvgIpc) is 3.29. The molecular formula is C24H32ClN3O5. The maximum Gasteiger partial charge on any atom is 0.119 e. The summed E-state index contributed by atoms with van der Waals surface area (Å²) < 4.78 is 11.3. The molecule has 2 aromatic rings. The summed E-state index contributed by atoms with van der Waals surface area (Å²) in [7, 11) is 0. The first-order valence-electron chi connectivity index (χ1n) is 10.8. The number of alkyl halides is 1. The molecule has 0 aromatic heterocycles. The molecular weight excluding hydrogens is 446 g/mol. The van der Waals surface area contributed by atoms with Crippen molar-refractivity contribution in [2.45, 2.75) is 31.5 Å². The predicted octanol–water partition coefficient (Wildman–Crippen LogP) is 1.89. The van der Waals surface area contributed by atoms with E-state index in [-0.39, 0.29) is 31.1 Å². The van der Waals surface area contributed by atoms with Crippen molar-refractivity contribution >= 4 is 11.6 Å². The number of aliphatic hydroxyl groups excluding tert-OH is 3. The Hall–Kier alpha value is -2.49. The number of halogens is 1. The Balaban J connectivity index is 1.53. The van der Waals surface area contributed by atoms with Gasteiger partial charge in [0.05, 0.1) is 24.7 Å². The van der Waals surface area contributed by atoms with Crippen molar-refractivity contribution in [1.29, 1.82) is 0 Å². The van der Waals surface area contributed by atoms with Gasteiger partial charge in [-0.2, -0.15) is 0 Å². The van der Waals surface area contributed by atoms with E-state index in [0.29, 0.717) is 23.7 Å². The molecule has 0 fully saturated rings. The average molecular weight is 478 g/mol. The molecule has 8 nitrogen and oxygen atoms in total. The fourth-order valence-electron chi connectivity index (χ4n) is 3.39. The zero-order valence-corrected chi connectivity index (χ0v) is 19.6. The van der Waals surface area contributed by atoms with E-state index in [1.54, 1.807) is 11.2 Å². The van der Waals surface area contributed by atoms with Crippen LogP contribution in [0.1, 0.15) is 25.0 Å². The molecule has 0 bridgehead atoms. The molecule has 1 heterocycles. The summed E-state index contributed by atoms with van der Waals surface area (Å²) in [5, 5.41) is 30.5. The Morgan fingerprint density at radius 1 is 0.909 bits per heavy atom. The third-order valence-electron chi connectivity index (χ3n) is 5.46. The lowest BCUT2D eigenvalue weighted by atomic mass is 9.78. The van der Waals surface area contributed by atoms with Crippen LogP contribution in [0.25, 0.3) is 0 Å². The second-order valence-corrected chi connectivity index (χ2v) is 8.77. The second-order valence-electron chi connectivity index (χ2n) is 8.46. The molecule has 0 saturated heterocycles. The van der Waals surface area contributed by atoms with Gasteiger partial charge in [0.2, 0.25) is 0 Å². The van der Waals surface area contributed by atoms with Gasteiger partial charge in [-0.05, 0) is 35.4 Å². The highest BCUT2D eigenvalue weighted by atomic mass is 35.5. The fourth-order valence-corrected chi connectivity index (χ4v) is 3.48. The first kappa shape index (κ1) is 25.1. The Labute approximate surface area is 199 Å². The molecule has 0 spiro atoms. The SMILES string of the molecule is CC(C)(c1ccc(OC[C@H](O)CCl)cc1)c1ccc(OC[C@@H](O)CN2C=C(CO)NN2)cc1. The number of nitrogens with zero attached hydrogens (tertiary/aromatic N) is 1. The summed E-state index contributed by atoms with van der Waals surface area (Å²) in [5.74, 6) is 1.50. The molecule has 0 unspecified atom stereocenters. The van der Waals surface area contributed by atoms with Gasteiger partial charge in [0, 0.05) is 11.6 Å². The van der Waals surface area contributed by atoms with Gasteiger partial charge in [0.15, 0.2) is 0 Å². The lowest BCUT2D eigenvalue weighted by molar-refractivity contribution is 0.0687. The highest BCUT2D eigenvalue weighted by Crippen LogP contribution is 2.33. The van der Waals surface area contributed by atoms with Crippen molar-refractivity contribution in [2.75, 3.05) is 32.2 Å². The van der Waals surface area contributed by atoms with Crippen molar-refractivity contribution in [3.05, 3.63) is 71.6 Å². The molecule has 2 atom stereocenters. The first-order valence-corrected chi connectivity index (χ1v) is 11.3. The smallest absolute Gasteiger partial charge is 0.119 e. The van der Waals surface area contributed by atoms with E-state index < -0.39 is 12.2 Å². The third kappa shape index (κ3) is 6.99. The van der Waals surface area contributed by atoms with Crippen LogP contribution in [0.4, 0.5) is 0 Å². The van der Waals surface area contributed by atoms with E-state index in [4.69, 9.17) is 26.2 Å². The Morgan fingerprint density at radius 3 is 1.88 bits per heavy atom. The Morgan fingerprint density at radius 2 is 1.42 bits per heavy atom. The lowest BCUT2D eigenvalue weighted by Crippen LogP contribution is -2.42. The maximum atomic E-state index is 10.2. The van der Waals surface area contributed by atoms with E-state index in [0.717, 1.165) is 11.1 Å². The summed E-state index contributed by atoms with van der Waals surface area (Å²) in [6.07, 6.45) is 0.299. The highest BCUT2D eigenvalue weighted by Gasteiger charge is 2.23. The monoisotopic (exact) mass is 477 g/mol. The quantitative estimate of drug-likeness (QED) is 0.295. The van der Waals surface area contributed by atoms with Crippen molar-refractivity contribution in [1.82, 2.24) is 16.0 Å². The number of ether oxygens (including phenoxy) is 2. The van der Waals surface area contributed by atoms with E-state index >= 15 is 0 Å². The molecule has 0 saturated carbocycles. The van der Waals surface area contributed by atoms with Crippen LogP contribution in [-0.4, -0.2) is 64.8 Å². The molecule has 2 aromatic carbocycles. The number of β-amino-alcohol motifs (C(OH)–C–C–N with tert-alkyl or cyclic N) is 1. The minimum atomic E-state index is -0.712. The van der Waals surface area contributed by atoms with Gasteiger partial charge in [0.1, 0.15) is 36.9 Å². The van der Waals surface area contributed by atoms with E-state index in [1.165, 1.54) is 0 Å². The summed E-state index contributed by atoms with van der Waals surface area (Å²) in [5.41, 5.74) is 8.27. The number of nitrogens with one attached hydrogen (secondary N) is 2. The number of hydrogen-bond acceptors (Lipinski definition) is 8. The molecule has 33 heavy (non-hydrogen) atoms. The largest absolute Gasteiger partial charge is 0.491 e. The molecule has 3 rings (SSSR count). The molecule has 0 radical (unpaired) electrons.